The van der Waals surface area contributed by atoms with E-state index < -0.39 is 0 Å². The van der Waals surface area contributed by atoms with Crippen LogP contribution in [-0.4, -0.2) is 50.2 Å². The molecule has 6 heteroatoms. The van der Waals surface area contributed by atoms with Crippen LogP contribution in [0.5, 0.6) is 0 Å². The predicted octanol–water partition coefficient (Wildman–Crippen LogP) is 2.93. The summed E-state index contributed by atoms with van der Waals surface area (Å²) in [4.78, 5) is 11.4. The van der Waals surface area contributed by atoms with Crippen LogP contribution >= 0.6 is 0 Å². The molecule has 0 radical (unpaired) electrons. The molecule has 3 aromatic rings. The molecule has 6 nitrogen and oxygen atoms in total. The van der Waals surface area contributed by atoms with Crippen LogP contribution < -0.4 is 5.32 Å². The molecule has 1 aliphatic heterocycles. The summed E-state index contributed by atoms with van der Waals surface area (Å²) in [5.41, 5.74) is 2.00. The van der Waals surface area contributed by atoms with Crippen molar-refractivity contribution < 1.29 is 0 Å². The lowest BCUT2D eigenvalue weighted by Crippen LogP contribution is -2.29. The van der Waals surface area contributed by atoms with Crippen LogP contribution in [0, 0.1) is 5.92 Å². The summed E-state index contributed by atoms with van der Waals surface area (Å²) in [6.07, 6.45) is 2.79. The van der Waals surface area contributed by atoms with Gasteiger partial charge in [-0.05, 0) is 32.7 Å². The quantitative estimate of drug-likeness (QED) is 0.776. The molecule has 0 spiro atoms. The number of benzene rings is 1. The largest absolute Gasteiger partial charge is 0.370 e. The molecule has 0 amide bonds. The number of nitrogens with zero attached hydrogens (tertiary/aromatic N) is 5. The Hall–Kier alpha value is -2.47. The maximum absolute atomic E-state index is 4.62. The highest BCUT2D eigenvalue weighted by Crippen LogP contribution is 2.23. The normalized spacial score (nSPS) is 18.3. The van der Waals surface area contributed by atoms with Gasteiger partial charge in [0, 0.05) is 30.8 Å². The predicted molar refractivity (Wildman–Crippen MR) is 99.5 cm³/mol. The Morgan fingerprint density at radius 2 is 2.08 bits per heavy atom. The molecule has 3 heterocycles. The summed E-state index contributed by atoms with van der Waals surface area (Å²) in [5.74, 6) is 2.23. The summed E-state index contributed by atoms with van der Waals surface area (Å²) in [6.45, 7) is 7.82. The third kappa shape index (κ3) is 3.35. The first-order chi connectivity index (χ1) is 12.2. The van der Waals surface area contributed by atoms with Gasteiger partial charge in [0.2, 0.25) is 0 Å². The van der Waals surface area contributed by atoms with Crippen molar-refractivity contribution >= 4 is 11.6 Å². The molecular weight excluding hydrogens is 312 g/mol. The smallest absolute Gasteiger partial charge is 0.254 e. The number of rotatable bonds is 5. The summed E-state index contributed by atoms with van der Waals surface area (Å²) in [6, 6.07) is 12.9. The number of hydrogen-bond acceptors (Lipinski definition) is 5. The monoisotopic (exact) mass is 336 g/mol. The Labute approximate surface area is 147 Å². The molecule has 25 heavy (non-hydrogen) atoms. The van der Waals surface area contributed by atoms with Crippen LogP contribution in [0.2, 0.25) is 0 Å². The van der Waals surface area contributed by atoms with E-state index in [1.54, 1.807) is 10.8 Å². The lowest BCUT2D eigenvalue weighted by Gasteiger charge is -2.20. The van der Waals surface area contributed by atoms with Crippen molar-refractivity contribution in [1.29, 1.82) is 0 Å². The van der Waals surface area contributed by atoms with Gasteiger partial charge in [-0.3, -0.25) is 0 Å². The van der Waals surface area contributed by atoms with Gasteiger partial charge in [-0.1, -0.05) is 30.3 Å². The fourth-order valence-electron chi connectivity index (χ4n) is 3.44. The van der Waals surface area contributed by atoms with Gasteiger partial charge in [-0.2, -0.15) is 14.6 Å². The zero-order chi connectivity index (χ0) is 17.2. The topological polar surface area (TPSA) is 58.3 Å². The maximum atomic E-state index is 4.62. The zero-order valence-electron chi connectivity index (χ0n) is 14.8. The summed E-state index contributed by atoms with van der Waals surface area (Å²) in [7, 11) is 0. The van der Waals surface area contributed by atoms with Gasteiger partial charge in [-0.25, -0.2) is 4.98 Å². The number of aromatic nitrogens is 4. The second-order valence-corrected chi connectivity index (χ2v) is 6.99. The fourth-order valence-corrected chi connectivity index (χ4v) is 3.44. The average molecular weight is 336 g/mol. The van der Waals surface area contributed by atoms with Crippen LogP contribution in [0.1, 0.15) is 20.3 Å². The van der Waals surface area contributed by atoms with Crippen molar-refractivity contribution in [2.75, 3.05) is 25.0 Å². The molecule has 0 bridgehead atoms. The van der Waals surface area contributed by atoms with Crippen molar-refractivity contribution in [3.63, 3.8) is 0 Å². The molecule has 4 rings (SSSR count). The standard InChI is InChI=1S/C19H24N6/c1-14(2)24-9-8-15(12-24)11-20-18-10-17(16-6-4-3-5-7-16)23-19-21-13-22-25(18)19/h3-7,10,13-15,20H,8-9,11-12H2,1-2H3/t15-/m0/s1. The highest BCUT2D eigenvalue weighted by molar-refractivity contribution is 5.65. The first-order valence-corrected chi connectivity index (χ1v) is 8.95. The van der Waals surface area contributed by atoms with Crippen LogP contribution in [0.25, 0.3) is 17.0 Å². The van der Waals surface area contributed by atoms with Gasteiger partial charge >= 0.3 is 0 Å². The third-order valence-corrected chi connectivity index (χ3v) is 4.94. The minimum atomic E-state index is 0.623. The molecular formula is C19H24N6. The minimum absolute atomic E-state index is 0.623. The van der Waals surface area contributed by atoms with Gasteiger partial charge in [0.1, 0.15) is 12.1 Å². The Morgan fingerprint density at radius 1 is 1.24 bits per heavy atom. The number of hydrogen-bond donors (Lipinski definition) is 1. The third-order valence-electron chi connectivity index (χ3n) is 4.94. The Morgan fingerprint density at radius 3 is 2.84 bits per heavy atom. The first kappa shape index (κ1) is 16.0. The molecule has 1 saturated heterocycles. The fraction of sp³-hybridized carbons (Fsp3) is 0.421. The zero-order valence-corrected chi connectivity index (χ0v) is 14.8. The van der Waals surface area contributed by atoms with Crippen LogP contribution in [0.15, 0.2) is 42.7 Å². The molecule has 1 N–H and O–H groups in total. The number of fused-ring (bicyclic) bond motifs is 1. The average Bonchev–Trinajstić information content (AvgIpc) is 3.29. The molecule has 130 valence electrons. The molecule has 1 aliphatic rings. The Balaban J connectivity index is 1.56. The number of likely N-dealkylation sites (tertiary alicyclic amines) is 1. The van der Waals surface area contributed by atoms with Gasteiger partial charge in [-0.15, -0.1) is 0 Å². The van der Waals surface area contributed by atoms with E-state index in [0.29, 0.717) is 17.7 Å². The van der Waals surface area contributed by atoms with Crippen molar-refractivity contribution in [1.82, 2.24) is 24.5 Å². The summed E-state index contributed by atoms with van der Waals surface area (Å²) < 4.78 is 1.78. The van der Waals surface area contributed by atoms with E-state index >= 15 is 0 Å². The van der Waals surface area contributed by atoms with Gasteiger partial charge in [0.15, 0.2) is 0 Å². The van der Waals surface area contributed by atoms with Crippen molar-refractivity contribution in [3.8, 4) is 11.3 Å². The lowest BCUT2D eigenvalue weighted by atomic mass is 10.1. The first-order valence-electron chi connectivity index (χ1n) is 8.95. The second-order valence-electron chi connectivity index (χ2n) is 6.99. The lowest BCUT2D eigenvalue weighted by molar-refractivity contribution is 0.266. The van der Waals surface area contributed by atoms with Gasteiger partial charge < -0.3 is 10.2 Å². The Kier molecular flexibility index (Phi) is 4.36. The number of anilines is 1. The van der Waals surface area contributed by atoms with E-state index in [-0.39, 0.29) is 0 Å². The minimum Gasteiger partial charge on any atom is -0.370 e. The van der Waals surface area contributed by atoms with E-state index in [4.69, 9.17) is 0 Å². The molecule has 1 fully saturated rings. The van der Waals surface area contributed by atoms with Gasteiger partial charge in [0.25, 0.3) is 5.78 Å². The van der Waals surface area contributed by atoms with E-state index in [0.717, 1.165) is 30.2 Å². The van der Waals surface area contributed by atoms with Crippen molar-refractivity contribution in [2.45, 2.75) is 26.3 Å². The molecule has 1 atom stereocenters. The molecule has 1 aromatic carbocycles. The van der Waals surface area contributed by atoms with Crippen LogP contribution in [-0.2, 0) is 0 Å². The van der Waals surface area contributed by atoms with E-state index in [9.17, 15) is 0 Å². The van der Waals surface area contributed by atoms with Crippen molar-refractivity contribution in [3.05, 3.63) is 42.7 Å². The SMILES string of the molecule is CC(C)N1CC[C@@H](CNc2cc(-c3ccccc3)nc3ncnn23)C1. The van der Waals surface area contributed by atoms with E-state index in [2.05, 4.69) is 57.3 Å². The maximum Gasteiger partial charge on any atom is 0.254 e. The molecule has 0 saturated carbocycles. The summed E-state index contributed by atoms with van der Waals surface area (Å²) >= 11 is 0. The molecule has 2 aromatic heterocycles. The van der Waals surface area contributed by atoms with E-state index in [1.165, 1.54) is 13.0 Å². The van der Waals surface area contributed by atoms with E-state index in [1.807, 2.05) is 18.2 Å². The van der Waals surface area contributed by atoms with Crippen LogP contribution in [0.4, 0.5) is 5.82 Å². The highest BCUT2D eigenvalue weighted by atomic mass is 15.4. The second kappa shape index (κ2) is 6.80. The Bertz CT molecular complexity index is 842. The molecule has 0 aliphatic carbocycles. The number of nitrogens with one attached hydrogen (secondary N) is 1. The van der Waals surface area contributed by atoms with Crippen molar-refractivity contribution in [2.24, 2.45) is 5.92 Å². The van der Waals surface area contributed by atoms with Crippen LogP contribution in [0.3, 0.4) is 0 Å². The molecule has 0 unspecified atom stereocenters. The summed E-state index contributed by atoms with van der Waals surface area (Å²) in [5, 5.41) is 7.89. The highest BCUT2D eigenvalue weighted by Gasteiger charge is 2.24. The van der Waals surface area contributed by atoms with Gasteiger partial charge in [0.05, 0.1) is 5.69 Å².